The standard InChI is InChI=1S/C8H19NOSi/c1-7(2)10-6-11-9-8(3,4)5/h7,9H,6H2,1-5H3. The first-order chi connectivity index (χ1) is 4.92. The average Bonchev–Trinajstić information content (AvgIpc) is 1.78. The largest absolute Gasteiger partial charge is 0.381 e. The maximum absolute atomic E-state index is 5.39. The van der Waals surface area contributed by atoms with E-state index in [9.17, 15) is 0 Å². The summed E-state index contributed by atoms with van der Waals surface area (Å²) in [7, 11) is 0.704. The van der Waals surface area contributed by atoms with Gasteiger partial charge in [-0.3, -0.25) is 0 Å². The predicted octanol–water partition coefficient (Wildman–Crippen LogP) is 1.38. The number of rotatable bonds is 4. The molecule has 0 aromatic rings. The highest BCUT2D eigenvalue weighted by Gasteiger charge is 2.07. The predicted molar refractivity (Wildman–Crippen MR) is 49.7 cm³/mol. The Morgan fingerprint density at radius 3 is 2.27 bits per heavy atom. The molecule has 0 bridgehead atoms. The van der Waals surface area contributed by atoms with Gasteiger partial charge in [-0.05, 0) is 34.6 Å². The highest BCUT2D eigenvalue weighted by Crippen LogP contribution is 1.96. The molecule has 0 rings (SSSR count). The zero-order valence-electron chi connectivity index (χ0n) is 8.19. The highest BCUT2D eigenvalue weighted by atomic mass is 28.2. The summed E-state index contributed by atoms with van der Waals surface area (Å²) in [5.74, 6) is 0. The molecule has 0 fully saturated rings. The zero-order chi connectivity index (χ0) is 8.91. The number of hydrogen-bond acceptors (Lipinski definition) is 2. The van der Waals surface area contributed by atoms with Crippen LogP contribution in [0, 0.1) is 0 Å². The van der Waals surface area contributed by atoms with Gasteiger partial charge in [0.2, 0.25) is 0 Å². The van der Waals surface area contributed by atoms with Crippen LogP contribution >= 0.6 is 0 Å². The van der Waals surface area contributed by atoms with Gasteiger partial charge in [0.25, 0.3) is 0 Å². The lowest BCUT2D eigenvalue weighted by Gasteiger charge is -2.20. The normalized spacial score (nSPS) is 12.5. The SMILES string of the molecule is CC(C)OC[Si]NC(C)(C)C. The third-order valence-corrected chi connectivity index (χ3v) is 2.19. The third kappa shape index (κ3) is 10.1. The van der Waals surface area contributed by atoms with Crippen molar-refractivity contribution in [1.82, 2.24) is 4.98 Å². The van der Waals surface area contributed by atoms with Crippen molar-refractivity contribution < 1.29 is 4.74 Å². The van der Waals surface area contributed by atoms with Crippen LogP contribution in [-0.2, 0) is 4.74 Å². The molecule has 0 saturated heterocycles. The lowest BCUT2D eigenvalue weighted by Crippen LogP contribution is -2.40. The van der Waals surface area contributed by atoms with Crippen molar-refractivity contribution in [3.05, 3.63) is 0 Å². The molecule has 0 aliphatic heterocycles. The minimum Gasteiger partial charge on any atom is -0.381 e. The van der Waals surface area contributed by atoms with Crippen LogP contribution in [0.3, 0.4) is 0 Å². The van der Waals surface area contributed by atoms with E-state index in [2.05, 4.69) is 39.6 Å². The monoisotopic (exact) mass is 173 g/mol. The van der Waals surface area contributed by atoms with E-state index in [0.29, 0.717) is 15.8 Å². The van der Waals surface area contributed by atoms with E-state index in [4.69, 9.17) is 4.74 Å². The summed E-state index contributed by atoms with van der Waals surface area (Å²) in [5.41, 5.74) is 0.221. The quantitative estimate of drug-likeness (QED) is 0.512. The van der Waals surface area contributed by atoms with E-state index in [1.165, 1.54) is 0 Å². The second-order valence-corrected chi connectivity index (χ2v) is 4.80. The summed E-state index contributed by atoms with van der Waals surface area (Å²) >= 11 is 0. The van der Waals surface area contributed by atoms with Crippen molar-refractivity contribution in [2.24, 2.45) is 0 Å². The van der Waals surface area contributed by atoms with Crippen LogP contribution in [0.1, 0.15) is 34.6 Å². The van der Waals surface area contributed by atoms with Gasteiger partial charge in [-0.15, -0.1) is 0 Å². The van der Waals surface area contributed by atoms with Crippen LogP contribution in [-0.4, -0.2) is 27.6 Å². The van der Waals surface area contributed by atoms with Gasteiger partial charge >= 0.3 is 0 Å². The summed E-state index contributed by atoms with van der Waals surface area (Å²) < 4.78 is 5.39. The summed E-state index contributed by atoms with van der Waals surface area (Å²) in [6.07, 6.45) is 1.18. The molecule has 0 amide bonds. The minimum absolute atomic E-state index is 0.221. The molecule has 0 atom stereocenters. The van der Waals surface area contributed by atoms with Gasteiger partial charge in [0.15, 0.2) is 9.68 Å². The van der Waals surface area contributed by atoms with Gasteiger partial charge in [-0.2, -0.15) is 0 Å². The Bertz CT molecular complexity index is 98.8. The van der Waals surface area contributed by atoms with E-state index in [1.807, 2.05) is 0 Å². The summed E-state index contributed by atoms with van der Waals surface area (Å²) in [4.78, 5) is 3.38. The van der Waals surface area contributed by atoms with Gasteiger partial charge in [0.1, 0.15) is 0 Å². The molecule has 1 N–H and O–H groups in total. The second-order valence-electron chi connectivity index (χ2n) is 3.91. The van der Waals surface area contributed by atoms with Crippen molar-refractivity contribution >= 4 is 9.68 Å². The summed E-state index contributed by atoms with van der Waals surface area (Å²) in [5, 5.41) is 0. The number of ether oxygens (including phenoxy) is 1. The molecular formula is C8H19NOSi. The molecule has 0 saturated carbocycles. The molecule has 0 aromatic heterocycles. The molecule has 3 heteroatoms. The third-order valence-electron chi connectivity index (χ3n) is 0.952. The van der Waals surface area contributed by atoms with Gasteiger partial charge in [-0.25, -0.2) is 0 Å². The maximum atomic E-state index is 5.39. The fraction of sp³-hybridized carbons (Fsp3) is 1.00. The first-order valence-electron chi connectivity index (χ1n) is 4.03. The summed E-state index contributed by atoms with van der Waals surface area (Å²) in [6, 6.07) is 0. The van der Waals surface area contributed by atoms with Gasteiger partial charge < -0.3 is 9.72 Å². The maximum Gasteiger partial charge on any atom is 0.170 e. The Morgan fingerprint density at radius 1 is 1.36 bits per heavy atom. The lowest BCUT2D eigenvalue weighted by molar-refractivity contribution is 0.114. The topological polar surface area (TPSA) is 21.3 Å². The zero-order valence-corrected chi connectivity index (χ0v) is 9.19. The first-order valence-corrected chi connectivity index (χ1v) is 5.24. The minimum atomic E-state index is 0.221. The van der Waals surface area contributed by atoms with Crippen LogP contribution in [0.2, 0.25) is 0 Å². The van der Waals surface area contributed by atoms with E-state index in [0.717, 1.165) is 6.23 Å². The number of hydrogen-bond donors (Lipinski definition) is 1. The fourth-order valence-electron chi connectivity index (χ4n) is 0.510. The van der Waals surface area contributed by atoms with E-state index in [1.54, 1.807) is 0 Å². The molecule has 11 heavy (non-hydrogen) atoms. The van der Waals surface area contributed by atoms with Gasteiger partial charge in [0.05, 0.1) is 12.3 Å². The molecule has 0 aliphatic carbocycles. The Kier molecular flexibility index (Phi) is 4.96. The molecule has 2 radical (unpaired) electrons. The van der Waals surface area contributed by atoms with Gasteiger partial charge in [-0.1, -0.05) is 0 Å². The molecule has 0 heterocycles. The van der Waals surface area contributed by atoms with E-state index < -0.39 is 0 Å². The Balaban J connectivity index is 3.15. The molecule has 0 spiro atoms. The molecule has 2 nitrogen and oxygen atoms in total. The van der Waals surface area contributed by atoms with Crippen LogP contribution < -0.4 is 4.98 Å². The molecule has 0 aromatic carbocycles. The molecule has 0 aliphatic rings. The average molecular weight is 173 g/mol. The first kappa shape index (κ1) is 11.1. The van der Waals surface area contributed by atoms with Crippen molar-refractivity contribution in [1.29, 1.82) is 0 Å². The van der Waals surface area contributed by atoms with E-state index >= 15 is 0 Å². The smallest absolute Gasteiger partial charge is 0.170 e. The van der Waals surface area contributed by atoms with Crippen molar-refractivity contribution in [3.63, 3.8) is 0 Å². The molecule has 0 unspecified atom stereocenters. The molecule has 66 valence electrons. The molecular weight excluding hydrogens is 154 g/mol. The van der Waals surface area contributed by atoms with E-state index in [-0.39, 0.29) is 5.54 Å². The Morgan fingerprint density at radius 2 is 1.91 bits per heavy atom. The van der Waals surface area contributed by atoms with Crippen LogP contribution in [0.4, 0.5) is 0 Å². The summed E-state index contributed by atoms with van der Waals surface area (Å²) in [6.45, 7) is 10.6. The van der Waals surface area contributed by atoms with Crippen LogP contribution in [0.5, 0.6) is 0 Å². The van der Waals surface area contributed by atoms with Crippen molar-refractivity contribution in [3.8, 4) is 0 Å². The second kappa shape index (κ2) is 4.90. The van der Waals surface area contributed by atoms with Crippen molar-refractivity contribution in [2.75, 3.05) is 6.23 Å². The Hall–Kier alpha value is 0.137. The van der Waals surface area contributed by atoms with Crippen LogP contribution in [0.25, 0.3) is 0 Å². The Labute approximate surface area is 72.6 Å². The highest BCUT2D eigenvalue weighted by molar-refractivity contribution is 6.32. The number of nitrogens with one attached hydrogen (secondary N) is 1. The fourth-order valence-corrected chi connectivity index (χ4v) is 1.53. The van der Waals surface area contributed by atoms with Gasteiger partial charge in [0, 0.05) is 5.54 Å². The lowest BCUT2D eigenvalue weighted by atomic mass is 10.1. The van der Waals surface area contributed by atoms with Crippen LogP contribution in [0.15, 0.2) is 0 Å². The van der Waals surface area contributed by atoms with Crippen molar-refractivity contribution in [2.45, 2.75) is 46.3 Å².